The van der Waals surface area contributed by atoms with Crippen LogP contribution in [0, 0.1) is 0 Å². The summed E-state index contributed by atoms with van der Waals surface area (Å²) in [5, 5.41) is 8.78. The minimum Gasteiger partial charge on any atom is -0.478 e. The highest BCUT2D eigenvalue weighted by molar-refractivity contribution is 5.90. The minimum atomic E-state index is -0.994. The Morgan fingerprint density at radius 2 is 2.14 bits per heavy atom. The molecule has 1 rings (SSSR count). The van der Waals surface area contributed by atoms with Gasteiger partial charge in [0.05, 0.1) is 5.56 Å². The fourth-order valence-electron chi connectivity index (χ4n) is 1.34. The number of carbonyl (C=O) groups is 2. The maximum atomic E-state index is 10.7. The summed E-state index contributed by atoms with van der Waals surface area (Å²) in [6, 6.07) is 4.72. The fourth-order valence-corrected chi connectivity index (χ4v) is 1.34. The Bertz CT molecular complexity index is 356. The number of carboxylic acids is 1. The van der Waals surface area contributed by atoms with Gasteiger partial charge in [0.15, 0.2) is 0 Å². The summed E-state index contributed by atoms with van der Waals surface area (Å²) in [6.45, 7) is 2.01. The number of rotatable bonds is 4. The van der Waals surface area contributed by atoms with Crippen molar-refractivity contribution in [2.45, 2.75) is 19.8 Å². The van der Waals surface area contributed by atoms with Gasteiger partial charge < -0.3 is 5.11 Å². The number of hydrogen-bond acceptors (Lipinski definition) is 2. The molecule has 0 aromatic heterocycles. The predicted octanol–water partition coefficient (Wildman–Crippen LogP) is 2.15. The molecule has 1 aromatic carbocycles. The lowest BCUT2D eigenvalue weighted by Gasteiger charge is -2.02. The maximum Gasteiger partial charge on any atom is 0.335 e. The largest absolute Gasteiger partial charge is 0.478 e. The van der Waals surface area contributed by atoms with Crippen LogP contribution in [0.25, 0.3) is 0 Å². The van der Waals surface area contributed by atoms with Crippen LogP contribution in [0.2, 0.25) is 0 Å². The van der Waals surface area contributed by atoms with E-state index in [1.54, 1.807) is 12.1 Å². The second-order valence-corrected chi connectivity index (χ2v) is 3.14. The molecule has 0 unspecified atom stereocenters. The van der Waals surface area contributed by atoms with Gasteiger partial charge in [-0.15, -0.1) is 0 Å². The molecule has 3 nitrogen and oxygen atoms in total. The quantitative estimate of drug-likeness (QED) is 0.743. The highest BCUT2D eigenvalue weighted by Crippen LogP contribution is 2.11. The van der Waals surface area contributed by atoms with Crippen molar-refractivity contribution in [3.05, 3.63) is 34.9 Å². The summed E-state index contributed by atoms with van der Waals surface area (Å²) < 4.78 is 0. The van der Waals surface area contributed by atoms with Crippen LogP contribution in [-0.2, 0) is 6.42 Å². The number of aldehydes is 1. The maximum absolute atomic E-state index is 10.7. The van der Waals surface area contributed by atoms with Crippen LogP contribution in [0.5, 0.6) is 0 Å². The first-order valence-corrected chi connectivity index (χ1v) is 4.49. The van der Waals surface area contributed by atoms with Gasteiger partial charge in [-0.1, -0.05) is 13.3 Å². The SMILES string of the molecule is CCCc1cc(C=O)cc(C(=O)O)c1. The number of aryl methyl sites for hydroxylation is 1. The third-order valence-corrected chi connectivity index (χ3v) is 1.94. The molecule has 0 saturated heterocycles. The zero-order valence-corrected chi connectivity index (χ0v) is 7.99. The molecule has 1 aromatic rings. The van der Waals surface area contributed by atoms with E-state index in [1.165, 1.54) is 6.07 Å². The first-order valence-electron chi connectivity index (χ1n) is 4.49. The Labute approximate surface area is 82.4 Å². The third kappa shape index (κ3) is 2.42. The van der Waals surface area contributed by atoms with Crippen LogP contribution < -0.4 is 0 Å². The van der Waals surface area contributed by atoms with Crippen LogP contribution in [0.4, 0.5) is 0 Å². The monoisotopic (exact) mass is 192 g/mol. The van der Waals surface area contributed by atoms with Gasteiger partial charge in [-0.05, 0) is 30.2 Å². The van der Waals surface area contributed by atoms with E-state index < -0.39 is 5.97 Å². The van der Waals surface area contributed by atoms with Gasteiger partial charge >= 0.3 is 5.97 Å². The summed E-state index contributed by atoms with van der Waals surface area (Å²) in [7, 11) is 0. The van der Waals surface area contributed by atoms with E-state index in [9.17, 15) is 9.59 Å². The molecule has 0 radical (unpaired) electrons. The molecule has 14 heavy (non-hydrogen) atoms. The van der Waals surface area contributed by atoms with Crippen LogP contribution in [0.15, 0.2) is 18.2 Å². The van der Waals surface area contributed by atoms with E-state index in [0.29, 0.717) is 11.8 Å². The van der Waals surface area contributed by atoms with Crippen LogP contribution in [-0.4, -0.2) is 17.4 Å². The summed E-state index contributed by atoms with van der Waals surface area (Å²) in [6.07, 6.45) is 2.40. The highest BCUT2D eigenvalue weighted by atomic mass is 16.4. The summed E-state index contributed by atoms with van der Waals surface area (Å²) in [5.74, 6) is -0.994. The topological polar surface area (TPSA) is 54.4 Å². The van der Waals surface area contributed by atoms with E-state index in [-0.39, 0.29) is 5.56 Å². The van der Waals surface area contributed by atoms with Crippen molar-refractivity contribution in [1.29, 1.82) is 0 Å². The summed E-state index contributed by atoms with van der Waals surface area (Å²) in [4.78, 5) is 21.3. The van der Waals surface area contributed by atoms with E-state index in [1.807, 2.05) is 6.92 Å². The standard InChI is InChI=1S/C11H12O3/c1-2-3-8-4-9(7-12)6-10(5-8)11(13)14/h4-7H,2-3H2,1H3,(H,13,14). The molecule has 1 N–H and O–H groups in total. The van der Waals surface area contributed by atoms with Gasteiger partial charge in [-0.25, -0.2) is 4.79 Å². The van der Waals surface area contributed by atoms with Crippen molar-refractivity contribution in [3.8, 4) is 0 Å². The Morgan fingerprint density at radius 3 is 2.64 bits per heavy atom. The molecule has 0 aliphatic carbocycles. The molecule has 0 bridgehead atoms. The number of benzene rings is 1. The Kier molecular flexibility index (Phi) is 3.40. The van der Waals surface area contributed by atoms with Crippen molar-refractivity contribution < 1.29 is 14.7 Å². The summed E-state index contributed by atoms with van der Waals surface area (Å²) in [5.41, 5.74) is 1.50. The van der Waals surface area contributed by atoms with Crippen molar-refractivity contribution in [3.63, 3.8) is 0 Å². The van der Waals surface area contributed by atoms with Crippen molar-refractivity contribution in [2.24, 2.45) is 0 Å². The van der Waals surface area contributed by atoms with Gasteiger partial charge in [0.1, 0.15) is 6.29 Å². The van der Waals surface area contributed by atoms with E-state index in [4.69, 9.17) is 5.11 Å². The van der Waals surface area contributed by atoms with Gasteiger partial charge in [-0.3, -0.25) is 4.79 Å². The molecule has 0 aliphatic rings. The van der Waals surface area contributed by atoms with Gasteiger partial charge in [0.2, 0.25) is 0 Å². The molecule has 74 valence electrons. The Morgan fingerprint density at radius 1 is 1.43 bits per heavy atom. The second-order valence-electron chi connectivity index (χ2n) is 3.14. The molecule has 0 fully saturated rings. The zero-order valence-electron chi connectivity index (χ0n) is 7.99. The van der Waals surface area contributed by atoms with E-state index in [2.05, 4.69) is 0 Å². The molecular formula is C11H12O3. The van der Waals surface area contributed by atoms with Crippen LogP contribution >= 0.6 is 0 Å². The second kappa shape index (κ2) is 4.56. The first-order chi connectivity index (χ1) is 6.67. The lowest BCUT2D eigenvalue weighted by molar-refractivity contribution is 0.0696. The molecule has 0 aliphatic heterocycles. The van der Waals surface area contributed by atoms with Crippen molar-refractivity contribution in [2.75, 3.05) is 0 Å². The van der Waals surface area contributed by atoms with E-state index in [0.717, 1.165) is 18.4 Å². The molecule has 3 heteroatoms. The smallest absolute Gasteiger partial charge is 0.335 e. The third-order valence-electron chi connectivity index (χ3n) is 1.94. The lowest BCUT2D eigenvalue weighted by atomic mass is 10.0. The number of carbonyl (C=O) groups excluding carboxylic acids is 1. The van der Waals surface area contributed by atoms with Crippen molar-refractivity contribution >= 4 is 12.3 Å². The number of aromatic carboxylic acids is 1. The van der Waals surface area contributed by atoms with Gasteiger partial charge in [0.25, 0.3) is 0 Å². The normalized spacial score (nSPS) is 9.79. The summed E-state index contributed by atoms with van der Waals surface area (Å²) >= 11 is 0. The van der Waals surface area contributed by atoms with Crippen molar-refractivity contribution in [1.82, 2.24) is 0 Å². The molecule has 0 spiro atoms. The molecular weight excluding hydrogens is 180 g/mol. The lowest BCUT2D eigenvalue weighted by Crippen LogP contribution is -1.99. The fraction of sp³-hybridized carbons (Fsp3) is 0.273. The average Bonchev–Trinajstić information content (AvgIpc) is 2.17. The number of hydrogen-bond donors (Lipinski definition) is 1. The van der Waals surface area contributed by atoms with Crippen LogP contribution in [0.3, 0.4) is 0 Å². The van der Waals surface area contributed by atoms with Gasteiger partial charge in [-0.2, -0.15) is 0 Å². The number of carboxylic acid groups (broad SMARTS) is 1. The zero-order chi connectivity index (χ0) is 10.6. The van der Waals surface area contributed by atoms with E-state index >= 15 is 0 Å². The molecule has 0 saturated carbocycles. The molecule has 0 heterocycles. The van der Waals surface area contributed by atoms with Crippen LogP contribution in [0.1, 0.15) is 39.6 Å². The molecule has 0 amide bonds. The highest BCUT2D eigenvalue weighted by Gasteiger charge is 2.05. The Hall–Kier alpha value is -1.64. The first kappa shape index (κ1) is 10.4. The Balaban J connectivity index is 3.12. The van der Waals surface area contributed by atoms with Gasteiger partial charge in [0, 0.05) is 5.56 Å². The predicted molar refractivity (Wildman–Crippen MR) is 52.8 cm³/mol. The molecule has 0 atom stereocenters. The average molecular weight is 192 g/mol. The minimum absolute atomic E-state index is 0.179.